The van der Waals surface area contributed by atoms with E-state index in [9.17, 15) is 0 Å². The Hall–Kier alpha value is -2.94. The molecule has 0 fully saturated rings. The zero-order valence-corrected chi connectivity index (χ0v) is 14.7. The zero-order chi connectivity index (χ0) is 17.4. The molecule has 3 aromatic carbocycles. The minimum Gasteiger partial charge on any atom is -0.496 e. The molecule has 0 radical (unpaired) electrons. The minimum atomic E-state index is 0.254. The van der Waals surface area contributed by atoms with E-state index in [0.717, 1.165) is 39.1 Å². The summed E-state index contributed by atoms with van der Waals surface area (Å²) in [5, 5.41) is 3.36. The summed E-state index contributed by atoms with van der Waals surface area (Å²) >= 11 is 0. The first kappa shape index (κ1) is 15.6. The van der Waals surface area contributed by atoms with Gasteiger partial charge < -0.3 is 4.74 Å². The van der Waals surface area contributed by atoms with Gasteiger partial charge in [-0.25, -0.2) is 9.97 Å². The number of hydrogen-bond acceptors (Lipinski definition) is 3. The lowest BCUT2D eigenvalue weighted by Gasteiger charge is -2.15. The van der Waals surface area contributed by atoms with E-state index in [0.29, 0.717) is 0 Å². The molecular weight excluding hydrogens is 308 g/mol. The SMILES string of the molecule is COc1ccc2ccccc2c1-c1nc(C(C)C)nc2ccccc12. The molecule has 0 amide bonds. The van der Waals surface area contributed by atoms with Gasteiger partial charge in [0.15, 0.2) is 0 Å². The highest BCUT2D eigenvalue weighted by Crippen LogP contribution is 2.39. The number of para-hydroxylation sites is 1. The molecule has 0 spiro atoms. The second-order valence-electron chi connectivity index (χ2n) is 6.47. The van der Waals surface area contributed by atoms with E-state index in [1.165, 1.54) is 5.39 Å². The number of methoxy groups -OCH3 is 1. The van der Waals surface area contributed by atoms with E-state index in [-0.39, 0.29) is 5.92 Å². The Morgan fingerprint density at radius 1 is 0.800 bits per heavy atom. The smallest absolute Gasteiger partial charge is 0.132 e. The Bertz CT molecular complexity index is 1070. The van der Waals surface area contributed by atoms with Crippen molar-refractivity contribution in [3.63, 3.8) is 0 Å². The summed E-state index contributed by atoms with van der Waals surface area (Å²) < 4.78 is 5.70. The van der Waals surface area contributed by atoms with Gasteiger partial charge in [-0.2, -0.15) is 0 Å². The van der Waals surface area contributed by atoms with E-state index in [2.05, 4.69) is 50.2 Å². The molecule has 25 heavy (non-hydrogen) atoms. The fourth-order valence-electron chi connectivity index (χ4n) is 3.21. The summed E-state index contributed by atoms with van der Waals surface area (Å²) in [6.45, 7) is 4.24. The van der Waals surface area contributed by atoms with Crippen LogP contribution in [-0.2, 0) is 0 Å². The third kappa shape index (κ3) is 2.62. The lowest BCUT2D eigenvalue weighted by atomic mass is 9.98. The van der Waals surface area contributed by atoms with Crippen LogP contribution in [0.1, 0.15) is 25.6 Å². The van der Waals surface area contributed by atoms with Gasteiger partial charge in [0.25, 0.3) is 0 Å². The Kier molecular flexibility index (Phi) is 3.85. The van der Waals surface area contributed by atoms with Crippen LogP contribution in [0.4, 0.5) is 0 Å². The van der Waals surface area contributed by atoms with Gasteiger partial charge in [-0.05, 0) is 22.9 Å². The molecule has 0 saturated carbocycles. The molecule has 4 aromatic rings. The molecule has 0 atom stereocenters. The second kappa shape index (κ2) is 6.17. The second-order valence-corrected chi connectivity index (χ2v) is 6.47. The summed E-state index contributed by atoms with van der Waals surface area (Å²) in [5.74, 6) is 1.94. The van der Waals surface area contributed by atoms with Gasteiger partial charge in [0.2, 0.25) is 0 Å². The van der Waals surface area contributed by atoms with Gasteiger partial charge in [-0.1, -0.05) is 62.4 Å². The largest absolute Gasteiger partial charge is 0.496 e. The van der Waals surface area contributed by atoms with Crippen molar-refractivity contribution in [1.29, 1.82) is 0 Å². The predicted molar refractivity (Wildman–Crippen MR) is 103 cm³/mol. The molecule has 1 heterocycles. The maximum atomic E-state index is 5.70. The molecule has 124 valence electrons. The number of ether oxygens (including phenoxy) is 1. The van der Waals surface area contributed by atoms with Crippen LogP contribution in [0.2, 0.25) is 0 Å². The van der Waals surface area contributed by atoms with E-state index >= 15 is 0 Å². The van der Waals surface area contributed by atoms with Crippen LogP contribution < -0.4 is 4.74 Å². The van der Waals surface area contributed by atoms with E-state index in [1.54, 1.807) is 7.11 Å². The Morgan fingerprint density at radius 3 is 2.28 bits per heavy atom. The fraction of sp³-hybridized carbons (Fsp3) is 0.182. The highest BCUT2D eigenvalue weighted by Gasteiger charge is 2.17. The lowest BCUT2D eigenvalue weighted by molar-refractivity contribution is 0.417. The first-order chi connectivity index (χ1) is 12.2. The van der Waals surface area contributed by atoms with Crippen molar-refractivity contribution in [3.8, 4) is 17.0 Å². The topological polar surface area (TPSA) is 35.0 Å². The molecule has 3 nitrogen and oxygen atoms in total. The van der Waals surface area contributed by atoms with Crippen LogP contribution >= 0.6 is 0 Å². The minimum absolute atomic E-state index is 0.254. The number of hydrogen-bond donors (Lipinski definition) is 0. The van der Waals surface area contributed by atoms with E-state index in [1.807, 2.05) is 24.3 Å². The van der Waals surface area contributed by atoms with Crippen LogP contribution in [0, 0.1) is 0 Å². The maximum Gasteiger partial charge on any atom is 0.132 e. The summed E-state index contributed by atoms with van der Waals surface area (Å²) in [4.78, 5) is 9.68. The van der Waals surface area contributed by atoms with Crippen molar-refractivity contribution >= 4 is 21.7 Å². The van der Waals surface area contributed by atoms with Gasteiger partial charge >= 0.3 is 0 Å². The third-order valence-corrected chi connectivity index (χ3v) is 4.48. The third-order valence-electron chi connectivity index (χ3n) is 4.48. The normalized spacial score (nSPS) is 11.4. The highest BCUT2D eigenvalue weighted by molar-refractivity contribution is 6.05. The molecule has 1 aromatic heterocycles. The van der Waals surface area contributed by atoms with Crippen molar-refractivity contribution in [3.05, 3.63) is 66.5 Å². The molecule has 0 aliphatic carbocycles. The molecule has 0 aliphatic heterocycles. The average Bonchev–Trinajstić information content (AvgIpc) is 2.66. The number of rotatable bonds is 3. The quantitative estimate of drug-likeness (QED) is 0.492. The zero-order valence-electron chi connectivity index (χ0n) is 14.7. The lowest BCUT2D eigenvalue weighted by Crippen LogP contribution is -2.02. The van der Waals surface area contributed by atoms with Crippen molar-refractivity contribution in [1.82, 2.24) is 9.97 Å². The van der Waals surface area contributed by atoms with Crippen molar-refractivity contribution < 1.29 is 4.74 Å². The molecule has 3 heteroatoms. The summed E-state index contributed by atoms with van der Waals surface area (Å²) in [5.41, 5.74) is 2.93. The standard InChI is InChI=1S/C22H20N2O/c1-14(2)22-23-18-11-7-6-10-17(18)21(24-22)20-16-9-5-4-8-15(16)12-13-19(20)25-3/h4-14H,1-3H3. The maximum absolute atomic E-state index is 5.70. The first-order valence-electron chi connectivity index (χ1n) is 8.52. The van der Waals surface area contributed by atoms with Crippen LogP contribution in [0.5, 0.6) is 5.75 Å². The number of aromatic nitrogens is 2. The van der Waals surface area contributed by atoms with Crippen molar-refractivity contribution in [2.24, 2.45) is 0 Å². The van der Waals surface area contributed by atoms with Gasteiger partial charge in [0.1, 0.15) is 11.6 Å². The average molecular weight is 328 g/mol. The van der Waals surface area contributed by atoms with Gasteiger partial charge in [-0.3, -0.25) is 0 Å². The summed E-state index contributed by atoms with van der Waals surface area (Å²) in [6, 6.07) is 20.6. The van der Waals surface area contributed by atoms with Crippen molar-refractivity contribution in [2.45, 2.75) is 19.8 Å². The van der Waals surface area contributed by atoms with Crippen LogP contribution in [-0.4, -0.2) is 17.1 Å². The molecule has 0 N–H and O–H groups in total. The molecule has 0 unspecified atom stereocenters. The molecule has 0 bridgehead atoms. The van der Waals surface area contributed by atoms with Gasteiger partial charge in [-0.15, -0.1) is 0 Å². The molecule has 4 rings (SSSR count). The van der Waals surface area contributed by atoms with E-state index < -0.39 is 0 Å². The number of benzene rings is 3. The molecule has 0 aliphatic rings. The highest BCUT2D eigenvalue weighted by atomic mass is 16.5. The van der Waals surface area contributed by atoms with Gasteiger partial charge in [0, 0.05) is 11.3 Å². The Balaban J connectivity index is 2.16. The predicted octanol–water partition coefficient (Wildman–Crippen LogP) is 5.58. The Morgan fingerprint density at radius 2 is 1.52 bits per heavy atom. The first-order valence-corrected chi connectivity index (χ1v) is 8.52. The van der Waals surface area contributed by atoms with Gasteiger partial charge in [0.05, 0.1) is 23.9 Å². The Labute approximate surface area is 147 Å². The van der Waals surface area contributed by atoms with Crippen LogP contribution in [0.3, 0.4) is 0 Å². The number of fused-ring (bicyclic) bond motifs is 2. The number of nitrogens with zero attached hydrogens (tertiary/aromatic N) is 2. The van der Waals surface area contributed by atoms with Crippen molar-refractivity contribution in [2.75, 3.05) is 7.11 Å². The summed E-state index contributed by atoms with van der Waals surface area (Å²) in [6.07, 6.45) is 0. The monoisotopic (exact) mass is 328 g/mol. The molecule has 0 saturated heterocycles. The van der Waals surface area contributed by atoms with Crippen LogP contribution in [0.25, 0.3) is 32.9 Å². The fourth-order valence-corrected chi connectivity index (χ4v) is 3.21. The van der Waals surface area contributed by atoms with E-state index in [4.69, 9.17) is 14.7 Å². The summed E-state index contributed by atoms with van der Waals surface area (Å²) in [7, 11) is 1.71. The van der Waals surface area contributed by atoms with Crippen LogP contribution in [0.15, 0.2) is 60.7 Å². The molecular formula is C22H20N2O.